The minimum atomic E-state index is -3.49. The molecule has 0 spiro atoms. The Kier molecular flexibility index (Phi) is 7.82. The van der Waals surface area contributed by atoms with Crippen LogP contribution in [0.2, 0.25) is 0 Å². The summed E-state index contributed by atoms with van der Waals surface area (Å²) in [5.41, 5.74) is 1.67. The predicted octanol–water partition coefficient (Wildman–Crippen LogP) is 2.92. The first-order chi connectivity index (χ1) is 12.9. The van der Waals surface area contributed by atoms with Crippen LogP contribution < -0.4 is 10.1 Å². The second kappa shape index (κ2) is 10.1. The van der Waals surface area contributed by atoms with Crippen molar-refractivity contribution in [2.45, 2.75) is 19.8 Å². The molecule has 0 atom stereocenters. The molecule has 2 aromatic rings. The van der Waals surface area contributed by atoms with E-state index in [1.807, 2.05) is 43.3 Å². The highest BCUT2D eigenvalue weighted by atomic mass is 32.2. The molecule has 0 unspecified atom stereocenters. The smallest absolute Gasteiger partial charge is 0.239 e. The van der Waals surface area contributed by atoms with E-state index in [9.17, 15) is 13.2 Å². The molecular formula is C20H26N2O4S. The Hall–Kier alpha value is -2.38. The van der Waals surface area contributed by atoms with Gasteiger partial charge in [-0.05, 0) is 37.5 Å². The summed E-state index contributed by atoms with van der Waals surface area (Å²) >= 11 is 0. The fourth-order valence-corrected chi connectivity index (χ4v) is 3.48. The summed E-state index contributed by atoms with van der Waals surface area (Å²) in [6, 6.07) is 16.9. The van der Waals surface area contributed by atoms with Gasteiger partial charge in [0.2, 0.25) is 15.9 Å². The summed E-state index contributed by atoms with van der Waals surface area (Å²) in [6.45, 7) is 2.39. The van der Waals surface area contributed by atoms with E-state index in [1.54, 1.807) is 18.2 Å². The molecule has 27 heavy (non-hydrogen) atoms. The Morgan fingerprint density at radius 3 is 2.41 bits per heavy atom. The summed E-state index contributed by atoms with van der Waals surface area (Å²) < 4.78 is 30.8. The van der Waals surface area contributed by atoms with Crippen molar-refractivity contribution >= 4 is 21.6 Å². The van der Waals surface area contributed by atoms with Gasteiger partial charge in [-0.25, -0.2) is 8.42 Å². The van der Waals surface area contributed by atoms with E-state index in [0.717, 1.165) is 18.2 Å². The van der Waals surface area contributed by atoms with Crippen LogP contribution in [0.5, 0.6) is 5.75 Å². The molecule has 0 fully saturated rings. The van der Waals surface area contributed by atoms with Crippen LogP contribution in [0.3, 0.4) is 0 Å². The second-order valence-electron chi connectivity index (χ2n) is 6.16. The normalized spacial score (nSPS) is 11.4. The molecule has 0 aliphatic rings. The number of hydrogen-bond acceptors (Lipinski definition) is 4. The minimum absolute atomic E-state index is 0.228. The number of hydrogen-bond donors (Lipinski definition) is 1. The van der Waals surface area contributed by atoms with Gasteiger partial charge in [-0.2, -0.15) is 4.31 Å². The highest BCUT2D eigenvalue weighted by Gasteiger charge is 2.20. The topological polar surface area (TPSA) is 75.7 Å². The van der Waals surface area contributed by atoms with Gasteiger partial charge in [0.05, 0.1) is 25.1 Å². The molecule has 0 radical (unpaired) electrons. The van der Waals surface area contributed by atoms with Crippen molar-refractivity contribution < 1.29 is 17.9 Å². The zero-order chi connectivity index (χ0) is 19.7. The molecule has 146 valence electrons. The molecule has 2 aromatic carbocycles. The Morgan fingerprint density at radius 1 is 1.07 bits per heavy atom. The lowest BCUT2D eigenvalue weighted by Crippen LogP contribution is -2.38. The molecule has 7 heteroatoms. The quantitative estimate of drug-likeness (QED) is 0.677. The first kappa shape index (κ1) is 20.9. The largest absolute Gasteiger partial charge is 0.492 e. The van der Waals surface area contributed by atoms with Crippen molar-refractivity contribution in [1.29, 1.82) is 0 Å². The van der Waals surface area contributed by atoms with Gasteiger partial charge in [-0.3, -0.25) is 4.79 Å². The van der Waals surface area contributed by atoms with Crippen LogP contribution >= 0.6 is 0 Å². The average Bonchev–Trinajstić information content (AvgIpc) is 2.63. The van der Waals surface area contributed by atoms with Crippen LogP contribution in [0.25, 0.3) is 0 Å². The van der Waals surface area contributed by atoms with E-state index in [-0.39, 0.29) is 13.1 Å². The number of nitrogens with zero attached hydrogens (tertiary/aromatic N) is 1. The number of carbonyl (C=O) groups excluding carboxylic acids is 1. The molecule has 0 saturated heterocycles. The van der Waals surface area contributed by atoms with Gasteiger partial charge in [-0.1, -0.05) is 42.5 Å². The van der Waals surface area contributed by atoms with Gasteiger partial charge in [0.15, 0.2) is 0 Å². The molecule has 0 aliphatic heterocycles. The van der Waals surface area contributed by atoms with Gasteiger partial charge in [0.25, 0.3) is 0 Å². The molecule has 0 heterocycles. The number of anilines is 1. The monoisotopic (exact) mass is 390 g/mol. The van der Waals surface area contributed by atoms with Crippen LogP contribution in [0.1, 0.15) is 18.9 Å². The Balaban J connectivity index is 1.96. The molecule has 0 aromatic heterocycles. The lowest BCUT2D eigenvalue weighted by atomic mass is 10.1. The van der Waals surface area contributed by atoms with E-state index in [2.05, 4.69) is 5.32 Å². The number of aryl methyl sites for hydroxylation is 1. The van der Waals surface area contributed by atoms with Crippen molar-refractivity contribution in [2.24, 2.45) is 0 Å². The Morgan fingerprint density at radius 2 is 1.74 bits per heavy atom. The Bertz CT molecular complexity index is 838. The maximum Gasteiger partial charge on any atom is 0.239 e. The third kappa shape index (κ3) is 7.03. The number of nitrogens with one attached hydrogen (secondary N) is 1. The lowest BCUT2D eigenvalue weighted by Gasteiger charge is -2.20. The van der Waals surface area contributed by atoms with Crippen LogP contribution in [-0.2, 0) is 21.2 Å². The standard InChI is InChI=1S/C20H26N2O4S/c1-3-26-19-14-8-7-13-18(19)21-20(23)16-22(27(2,24)25)15-9-12-17-10-5-4-6-11-17/h4-8,10-11,13-14H,3,9,12,15-16H2,1-2H3,(H,21,23). The molecule has 0 aliphatic carbocycles. The van der Waals surface area contributed by atoms with Gasteiger partial charge in [0, 0.05) is 6.54 Å². The van der Waals surface area contributed by atoms with E-state index < -0.39 is 15.9 Å². The number of ether oxygens (including phenoxy) is 1. The second-order valence-corrected chi connectivity index (χ2v) is 8.15. The first-order valence-corrected chi connectivity index (χ1v) is 10.8. The van der Waals surface area contributed by atoms with Crippen molar-refractivity contribution in [1.82, 2.24) is 4.31 Å². The van der Waals surface area contributed by atoms with Crippen LogP contribution in [0.15, 0.2) is 54.6 Å². The van der Waals surface area contributed by atoms with Crippen LogP contribution in [0, 0.1) is 0 Å². The van der Waals surface area contributed by atoms with E-state index in [4.69, 9.17) is 4.74 Å². The summed E-state index contributed by atoms with van der Waals surface area (Å²) in [6.07, 6.45) is 2.51. The van der Waals surface area contributed by atoms with Crippen molar-refractivity contribution in [3.05, 3.63) is 60.2 Å². The maximum absolute atomic E-state index is 12.4. The van der Waals surface area contributed by atoms with Crippen molar-refractivity contribution in [3.63, 3.8) is 0 Å². The molecular weight excluding hydrogens is 364 g/mol. The summed E-state index contributed by atoms with van der Waals surface area (Å²) in [5.74, 6) is 0.163. The van der Waals surface area contributed by atoms with E-state index >= 15 is 0 Å². The molecule has 0 bridgehead atoms. The number of benzene rings is 2. The van der Waals surface area contributed by atoms with Gasteiger partial charge in [-0.15, -0.1) is 0 Å². The highest BCUT2D eigenvalue weighted by Crippen LogP contribution is 2.23. The van der Waals surface area contributed by atoms with Gasteiger partial charge >= 0.3 is 0 Å². The number of para-hydroxylation sites is 2. The van der Waals surface area contributed by atoms with Crippen molar-refractivity contribution in [2.75, 3.05) is 31.3 Å². The maximum atomic E-state index is 12.4. The zero-order valence-electron chi connectivity index (χ0n) is 15.7. The SMILES string of the molecule is CCOc1ccccc1NC(=O)CN(CCCc1ccccc1)S(C)(=O)=O. The fraction of sp³-hybridized carbons (Fsp3) is 0.350. The third-order valence-electron chi connectivity index (χ3n) is 3.97. The average molecular weight is 391 g/mol. The predicted molar refractivity (Wildman–Crippen MR) is 107 cm³/mol. The van der Waals surface area contributed by atoms with Gasteiger partial charge < -0.3 is 10.1 Å². The minimum Gasteiger partial charge on any atom is -0.492 e. The zero-order valence-corrected chi connectivity index (χ0v) is 16.5. The number of carbonyl (C=O) groups is 1. The molecule has 1 N–H and O–H groups in total. The molecule has 0 saturated carbocycles. The molecule has 1 amide bonds. The summed E-state index contributed by atoms with van der Waals surface area (Å²) in [5, 5.41) is 2.74. The first-order valence-electron chi connectivity index (χ1n) is 8.91. The van der Waals surface area contributed by atoms with Crippen LogP contribution in [0.4, 0.5) is 5.69 Å². The molecule has 6 nitrogen and oxygen atoms in total. The van der Waals surface area contributed by atoms with Crippen LogP contribution in [-0.4, -0.2) is 44.6 Å². The number of sulfonamides is 1. The van der Waals surface area contributed by atoms with Crippen molar-refractivity contribution in [3.8, 4) is 5.75 Å². The van der Waals surface area contributed by atoms with E-state index in [0.29, 0.717) is 24.5 Å². The molecule has 2 rings (SSSR count). The third-order valence-corrected chi connectivity index (χ3v) is 5.22. The Labute approximate surface area is 161 Å². The fourth-order valence-electron chi connectivity index (χ4n) is 2.67. The van der Waals surface area contributed by atoms with E-state index in [1.165, 1.54) is 4.31 Å². The number of rotatable bonds is 10. The lowest BCUT2D eigenvalue weighted by molar-refractivity contribution is -0.116. The summed E-state index contributed by atoms with van der Waals surface area (Å²) in [4.78, 5) is 12.4. The summed E-state index contributed by atoms with van der Waals surface area (Å²) in [7, 11) is -3.49. The van der Waals surface area contributed by atoms with Gasteiger partial charge in [0.1, 0.15) is 5.75 Å². The number of amides is 1. The highest BCUT2D eigenvalue weighted by molar-refractivity contribution is 7.88.